The number of carbonyl (C=O) groups is 2. The van der Waals surface area contributed by atoms with Gasteiger partial charge in [0.1, 0.15) is 0 Å². The van der Waals surface area contributed by atoms with Crippen molar-refractivity contribution in [2.75, 3.05) is 36.4 Å². The third-order valence-electron chi connectivity index (χ3n) is 6.29. The van der Waals surface area contributed by atoms with Crippen LogP contribution in [0.1, 0.15) is 43.7 Å². The first-order valence-electron chi connectivity index (χ1n) is 11.7. The Labute approximate surface area is 202 Å². The van der Waals surface area contributed by atoms with Gasteiger partial charge in [0.15, 0.2) is 0 Å². The van der Waals surface area contributed by atoms with Crippen LogP contribution in [-0.4, -0.2) is 43.1 Å². The average molecular weight is 488 g/mol. The third-order valence-corrected chi connectivity index (χ3v) is 6.29. The maximum Gasteiger partial charge on any atom is 0.416 e. The van der Waals surface area contributed by atoms with E-state index in [9.17, 15) is 22.8 Å². The van der Waals surface area contributed by atoms with Crippen molar-refractivity contribution >= 4 is 28.8 Å². The number of carbonyl (C=O) groups excluding carboxylic acids is 2. The number of hydroxylamine groups is 2. The molecule has 2 aromatic carbocycles. The topological polar surface area (TPSA) is 61.9 Å². The predicted molar refractivity (Wildman–Crippen MR) is 127 cm³/mol. The van der Waals surface area contributed by atoms with Crippen LogP contribution in [0.5, 0.6) is 0 Å². The lowest BCUT2D eigenvalue weighted by Crippen LogP contribution is -2.46. The Hall–Kier alpha value is -3.33. The number of allylic oxidation sites excluding steroid dienone is 1. The quantitative estimate of drug-likeness (QED) is 0.623. The number of piperazine rings is 1. The average Bonchev–Trinajstić information content (AvgIpc) is 2.84. The van der Waals surface area contributed by atoms with Crippen LogP contribution in [0.25, 0.3) is 5.57 Å². The molecule has 1 aliphatic carbocycles. The fourth-order valence-corrected chi connectivity index (χ4v) is 4.52. The highest BCUT2D eigenvalue weighted by Crippen LogP contribution is 2.35. The van der Waals surface area contributed by atoms with Crippen molar-refractivity contribution < 1.29 is 27.6 Å². The maximum absolute atomic E-state index is 13.1. The van der Waals surface area contributed by atoms with Gasteiger partial charge in [0.2, 0.25) is 0 Å². The van der Waals surface area contributed by atoms with Crippen LogP contribution in [0.3, 0.4) is 0 Å². The van der Waals surface area contributed by atoms with E-state index in [1.165, 1.54) is 19.1 Å². The lowest BCUT2D eigenvalue weighted by molar-refractivity contribution is -0.188. The van der Waals surface area contributed by atoms with Gasteiger partial charge in [-0.05, 0) is 73.2 Å². The molecular formula is C26H28F3N3O3. The number of amides is 1. The van der Waals surface area contributed by atoms with Crippen molar-refractivity contribution in [1.82, 2.24) is 5.06 Å². The predicted octanol–water partition coefficient (Wildman–Crippen LogP) is 5.27. The van der Waals surface area contributed by atoms with Gasteiger partial charge in [0.05, 0.1) is 18.7 Å². The molecule has 1 aliphatic heterocycles. The number of rotatable bonds is 5. The van der Waals surface area contributed by atoms with Gasteiger partial charge in [-0.15, -0.1) is 5.06 Å². The van der Waals surface area contributed by atoms with Gasteiger partial charge in [-0.25, -0.2) is 0 Å². The van der Waals surface area contributed by atoms with Gasteiger partial charge in [-0.1, -0.05) is 12.1 Å². The van der Waals surface area contributed by atoms with Crippen LogP contribution in [-0.2, 0) is 20.6 Å². The Morgan fingerprint density at radius 3 is 2.11 bits per heavy atom. The molecule has 4 rings (SSSR count). The molecule has 1 fully saturated rings. The molecule has 186 valence electrons. The lowest BCUT2D eigenvalue weighted by atomic mass is 9.86. The number of nitrogens with one attached hydrogen (secondary N) is 1. The minimum Gasteiger partial charge on any atom is -0.369 e. The van der Waals surface area contributed by atoms with Crippen molar-refractivity contribution in [3.63, 3.8) is 0 Å². The fraction of sp³-hybridized carbons (Fsp3) is 0.385. The van der Waals surface area contributed by atoms with E-state index < -0.39 is 11.7 Å². The number of nitrogens with zero attached hydrogens (tertiary/aromatic N) is 2. The van der Waals surface area contributed by atoms with Crippen molar-refractivity contribution in [2.24, 2.45) is 0 Å². The summed E-state index contributed by atoms with van der Waals surface area (Å²) in [4.78, 5) is 31.5. The number of hydrogen-bond acceptors (Lipinski definition) is 5. The van der Waals surface area contributed by atoms with Crippen molar-refractivity contribution in [2.45, 2.75) is 38.8 Å². The monoisotopic (exact) mass is 487 g/mol. The van der Waals surface area contributed by atoms with E-state index in [-0.39, 0.29) is 11.9 Å². The summed E-state index contributed by atoms with van der Waals surface area (Å²) in [6.07, 6.45) is -1.38. The van der Waals surface area contributed by atoms with E-state index in [1.807, 2.05) is 24.3 Å². The number of anilines is 2. The Balaban J connectivity index is 1.42. The molecule has 1 heterocycles. The van der Waals surface area contributed by atoms with Crippen LogP contribution >= 0.6 is 0 Å². The zero-order chi connectivity index (χ0) is 25.0. The van der Waals surface area contributed by atoms with Crippen LogP contribution in [0.15, 0.2) is 54.1 Å². The molecule has 0 unspecified atom stereocenters. The Morgan fingerprint density at radius 1 is 0.886 bits per heavy atom. The fourth-order valence-electron chi connectivity index (χ4n) is 4.52. The molecule has 0 atom stereocenters. The van der Waals surface area contributed by atoms with Gasteiger partial charge < -0.3 is 15.1 Å². The largest absolute Gasteiger partial charge is 0.416 e. The van der Waals surface area contributed by atoms with Crippen LogP contribution in [0.2, 0.25) is 0 Å². The summed E-state index contributed by atoms with van der Waals surface area (Å²) in [5.74, 6) is -0.546. The second kappa shape index (κ2) is 10.5. The molecule has 35 heavy (non-hydrogen) atoms. The summed E-state index contributed by atoms with van der Waals surface area (Å²) < 4.78 is 38.8. The van der Waals surface area contributed by atoms with E-state index in [1.54, 1.807) is 5.06 Å². The zero-order valence-corrected chi connectivity index (χ0v) is 19.5. The van der Waals surface area contributed by atoms with Gasteiger partial charge in [0.25, 0.3) is 5.91 Å². The standard InChI is InChI=1S/C26H28F3N3O3/c1-18(33)35-32-16-14-31(15-17-32)22-12-10-21(11-13-22)30-25(34)24-5-3-2-4-23(24)19-6-8-20(9-7-19)26(27,28)29/h6-13H,2-5,14-17H2,1H3,(H,30,34). The highest BCUT2D eigenvalue weighted by molar-refractivity contribution is 6.09. The molecule has 1 N–H and O–H groups in total. The minimum atomic E-state index is -4.39. The molecule has 0 spiro atoms. The maximum atomic E-state index is 13.1. The molecule has 2 aromatic rings. The van der Waals surface area contributed by atoms with Crippen molar-refractivity contribution in [1.29, 1.82) is 0 Å². The number of halogens is 3. The van der Waals surface area contributed by atoms with Crippen molar-refractivity contribution in [3.05, 3.63) is 65.2 Å². The Morgan fingerprint density at radius 2 is 1.51 bits per heavy atom. The summed E-state index contributed by atoms with van der Waals surface area (Å²) in [6, 6.07) is 12.6. The van der Waals surface area contributed by atoms with E-state index in [4.69, 9.17) is 4.84 Å². The summed E-state index contributed by atoms with van der Waals surface area (Å²) >= 11 is 0. The summed E-state index contributed by atoms with van der Waals surface area (Å²) in [5.41, 5.74) is 3.06. The van der Waals surface area contributed by atoms with E-state index in [0.29, 0.717) is 55.8 Å². The summed E-state index contributed by atoms with van der Waals surface area (Å²) in [6.45, 7) is 4.03. The molecule has 9 heteroatoms. The van der Waals surface area contributed by atoms with E-state index in [2.05, 4.69) is 10.2 Å². The number of benzene rings is 2. The SMILES string of the molecule is CC(=O)ON1CCN(c2ccc(NC(=O)C3=C(c4ccc(C(F)(F)F)cc4)CCCC3)cc2)CC1. The Kier molecular flexibility index (Phi) is 7.45. The van der Waals surface area contributed by atoms with Gasteiger partial charge in [-0.3, -0.25) is 9.59 Å². The molecule has 0 aromatic heterocycles. The van der Waals surface area contributed by atoms with Gasteiger partial charge in [-0.2, -0.15) is 13.2 Å². The molecule has 0 saturated carbocycles. The van der Waals surface area contributed by atoms with Gasteiger partial charge in [0, 0.05) is 37.0 Å². The highest BCUT2D eigenvalue weighted by Gasteiger charge is 2.30. The first kappa shape index (κ1) is 24.8. The second-order valence-electron chi connectivity index (χ2n) is 8.74. The zero-order valence-electron chi connectivity index (χ0n) is 19.5. The normalized spacial score (nSPS) is 17.3. The summed E-state index contributed by atoms with van der Waals surface area (Å²) in [5, 5.41) is 4.60. The minimum absolute atomic E-state index is 0.220. The molecule has 0 radical (unpaired) electrons. The smallest absolute Gasteiger partial charge is 0.369 e. The highest BCUT2D eigenvalue weighted by atomic mass is 19.4. The number of hydrogen-bond donors (Lipinski definition) is 1. The van der Waals surface area contributed by atoms with Crippen LogP contribution in [0, 0.1) is 0 Å². The summed E-state index contributed by atoms with van der Waals surface area (Å²) in [7, 11) is 0. The van der Waals surface area contributed by atoms with E-state index >= 15 is 0 Å². The third kappa shape index (κ3) is 6.22. The lowest BCUT2D eigenvalue weighted by Gasteiger charge is -2.34. The molecule has 1 amide bonds. The second-order valence-corrected chi connectivity index (χ2v) is 8.74. The van der Waals surface area contributed by atoms with E-state index in [0.717, 1.165) is 36.2 Å². The molecule has 0 bridgehead atoms. The molecule has 6 nitrogen and oxygen atoms in total. The van der Waals surface area contributed by atoms with Gasteiger partial charge >= 0.3 is 12.1 Å². The molecule has 1 saturated heterocycles. The molecule has 2 aliphatic rings. The van der Waals surface area contributed by atoms with Crippen LogP contribution < -0.4 is 10.2 Å². The first-order chi connectivity index (χ1) is 16.7. The molecular weight excluding hydrogens is 459 g/mol. The number of alkyl halides is 3. The first-order valence-corrected chi connectivity index (χ1v) is 11.7. The van der Waals surface area contributed by atoms with Crippen molar-refractivity contribution in [3.8, 4) is 0 Å². The van der Waals surface area contributed by atoms with Crippen LogP contribution in [0.4, 0.5) is 24.5 Å². The Bertz CT molecular complexity index is 1090.